The third kappa shape index (κ3) is 3.33. The van der Waals surface area contributed by atoms with E-state index in [1.165, 1.54) is 41.3 Å². The van der Waals surface area contributed by atoms with Gasteiger partial charge in [-0.15, -0.1) is 11.3 Å². The van der Waals surface area contributed by atoms with Crippen LogP contribution in [0.2, 0.25) is 0 Å². The number of nitrogens with zero attached hydrogens (tertiary/aromatic N) is 1. The van der Waals surface area contributed by atoms with E-state index in [1.54, 1.807) is 0 Å². The fourth-order valence-electron chi connectivity index (χ4n) is 2.27. The Morgan fingerprint density at radius 1 is 1.22 bits per heavy atom. The average Bonchev–Trinajstić information content (AvgIpc) is 3.14. The Kier molecular flexibility index (Phi) is 3.23. The molecule has 1 N–H and O–H groups in total. The van der Waals surface area contributed by atoms with Crippen molar-refractivity contribution in [1.29, 1.82) is 0 Å². The molecule has 18 heavy (non-hydrogen) atoms. The summed E-state index contributed by atoms with van der Waals surface area (Å²) in [6.07, 6.45) is 6.56. The van der Waals surface area contributed by atoms with Gasteiger partial charge in [0.15, 0.2) is 0 Å². The van der Waals surface area contributed by atoms with E-state index in [9.17, 15) is 0 Å². The first kappa shape index (κ1) is 12.6. The third-order valence-corrected chi connectivity index (χ3v) is 4.62. The van der Waals surface area contributed by atoms with Gasteiger partial charge in [-0.1, -0.05) is 20.8 Å². The van der Waals surface area contributed by atoms with E-state index in [2.05, 4.69) is 26.1 Å². The number of hydrogen-bond donors (Lipinski definition) is 1. The number of aromatic nitrogens is 1. The summed E-state index contributed by atoms with van der Waals surface area (Å²) in [5.41, 5.74) is 1.77. The molecule has 0 radical (unpaired) electrons. The molecule has 0 aliphatic heterocycles. The van der Waals surface area contributed by atoms with Crippen molar-refractivity contribution in [3.8, 4) is 0 Å². The smallest absolute Gasteiger partial charge is 0.0936 e. The first-order valence-corrected chi connectivity index (χ1v) is 8.05. The van der Waals surface area contributed by atoms with Crippen molar-refractivity contribution in [3.05, 3.63) is 15.6 Å². The fourth-order valence-corrected chi connectivity index (χ4v) is 3.68. The molecular weight excluding hydrogens is 240 g/mol. The molecule has 2 nitrogen and oxygen atoms in total. The zero-order chi connectivity index (χ0) is 12.8. The van der Waals surface area contributed by atoms with Crippen LogP contribution in [0.5, 0.6) is 0 Å². The molecule has 3 heteroatoms. The van der Waals surface area contributed by atoms with Gasteiger partial charge in [0.1, 0.15) is 0 Å². The van der Waals surface area contributed by atoms with Gasteiger partial charge in [0.25, 0.3) is 0 Å². The van der Waals surface area contributed by atoms with Crippen molar-refractivity contribution in [2.45, 2.75) is 71.4 Å². The molecule has 1 heterocycles. The summed E-state index contributed by atoms with van der Waals surface area (Å²) in [5.74, 6) is 0.783. The minimum absolute atomic E-state index is 0.347. The van der Waals surface area contributed by atoms with Crippen molar-refractivity contribution in [3.63, 3.8) is 0 Å². The van der Waals surface area contributed by atoms with Crippen LogP contribution >= 0.6 is 11.3 Å². The minimum Gasteiger partial charge on any atom is -0.309 e. The monoisotopic (exact) mass is 264 g/mol. The quantitative estimate of drug-likeness (QED) is 0.873. The molecule has 0 unspecified atom stereocenters. The molecule has 0 saturated heterocycles. The highest BCUT2D eigenvalue weighted by molar-refractivity contribution is 7.11. The molecular formula is C15H24N2S. The van der Waals surface area contributed by atoms with Crippen LogP contribution in [0.1, 0.15) is 68.0 Å². The molecule has 3 rings (SSSR count). The molecule has 2 fully saturated rings. The van der Waals surface area contributed by atoms with E-state index in [0.717, 1.165) is 24.9 Å². The van der Waals surface area contributed by atoms with Crippen molar-refractivity contribution in [2.24, 2.45) is 5.41 Å². The lowest BCUT2D eigenvalue weighted by Crippen LogP contribution is -2.15. The lowest BCUT2D eigenvalue weighted by Gasteiger charge is -2.15. The molecule has 100 valence electrons. The van der Waals surface area contributed by atoms with Crippen LogP contribution in [0.4, 0.5) is 0 Å². The third-order valence-electron chi connectivity index (χ3n) is 3.55. The van der Waals surface area contributed by atoms with Crippen LogP contribution in [0.15, 0.2) is 0 Å². The maximum Gasteiger partial charge on any atom is 0.0936 e. The van der Waals surface area contributed by atoms with Crippen LogP contribution in [-0.2, 0) is 13.0 Å². The van der Waals surface area contributed by atoms with E-state index in [4.69, 9.17) is 4.98 Å². The van der Waals surface area contributed by atoms with Crippen LogP contribution in [-0.4, -0.2) is 11.0 Å². The molecule has 2 aliphatic rings. The Bertz CT molecular complexity index is 422. The number of thiazole rings is 1. The SMILES string of the molecule is CC(C)(C)Cc1nc(C2CC2)c(CNC2CC2)s1. The van der Waals surface area contributed by atoms with Gasteiger partial charge in [0, 0.05) is 29.8 Å². The Morgan fingerprint density at radius 3 is 2.50 bits per heavy atom. The predicted octanol–water partition coefficient (Wildman–Crippen LogP) is 3.86. The van der Waals surface area contributed by atoms with Gasteiger partial charge in [-0.3, -0.25) is 0 Å². The zero-order valence-electron chi connectivity index (χ0n) is 11.8. The van der Waals surface area contributed by atoms with Gasteiger partial charge in [0.05, 0.1) is 10.7 Å². The second-order valence-electron chi connectivity index (χ2n) is 7.08. The summed E-state index contributed by atoms with van der Waals surface area (Å²) < 4.78 is 0. The van der Waals surface area contributed by atoms with Crippen molar-refractivity contribution >= 4 is 11.3 Å². The molecule has 0 aromatic carbocycles. The second-order valence-corrected chi connectivity index (χ2v) is 8.25. The lowest BCUT2D eigenvalue weighted by molar-refractivity contribution is 0.410. The average molecular weight is 264 g/mol. The van der Waals surface area contributed by atoms with Crippen LogP contribution in [0, 0.1) is 5.41 Å². The fraction of sp³-hybridized carbons (Fsp3) is 0.800. The lowest BCUT2D eigenvalue weighted by atomic mass is 9.93. The zero-order valence-corrected chi connectivity index (χ0v) is 12.6. The van der Waals surface area contributed by atoms with Gasteiger partial charge < -0.3 is 5.32 Å². The van der Waals surface area contributed by atoms with Crippen molar-refractivity contribution in [1.82, 2.24) is 10.3 Å². The normalized spacial score (nSPS) is 20.4. The van der Waals surface area contributed by atoms with E-state index in [0.29, 0.717) is 5.41 Å². The standard InChI is InChI=1S/C15H24N2S/c1-15(2,3)8-13-17-14(10-4-5-10)12(18-13)9-16-11-6-7-11/h10-11,16H,4-9H2,1-3H3. The molecule has 2 saturated carbocycles. The Morgan fingerprint density at radius 2 is 1.94 bits per heavy atom. The summed E-state index contributed by atoms with van der Waals surface area (Å²) in [7, 11) is 0. The summed E-state index contributed by atoms with van der Waals surface area (Å²) in [4.78, 5) is 6.45. The Hall–Kier alpha value is -0.410. The van der Waals surface area contributed by atoms with E-state index in [-0.39, 0.29) is 0 Å². The van der Waals surface area contributed by atoms with Gasteiger partial charge in [0.2, 0.25) is 0 Å². The minimum atomic E-state index is 0.347. The first-order chi connectivity index (χ1) is 8.51. The second kappa shape index (κ2) is 4.61. The summed E-state index contributed by atoms with van der Waals surface area (Å²) in [6.45, 7) is 7.95. The van der Waals surface area contributed by atoms with E-state index < -0.39 is 0 Å². The summed E-state index contributed by atoms with van der Waals surface area (Å²) in [5, 5.41) is 4.99. The topological polar surface area (TPSA) is 24.9 Å². The van der Waals surface area contributed by atoms with Crippen LogP contribution in [0.25, 0.3) is 0 Å². The highest BCUT2D eigenvalue weighted by Gasteiger charge is 2.31. The largest absolute Gasteiger partial charge is 0.309 e. The highest BCUT2D eigenvalue weighted by Crippen LogP contribution is 2.43. The molecule has 0 atom stereocenters. The van der Waals surface area contributed by atoms with Gasteiger partial charge >= 0.3 is 0 Å². The van der Waals surface area contributed by atoms with Gasteiger partial charge in [-0.25, -0.2) is 4.98 Å². The molecule has 1 aromatic heterocycles. The Balaban J connectivity index is 1.72. The summed E-state index contributed by atoms with van der Waals surface area (Å²) >= 11 is 1.95. The highest BCUT2D eigenvalue weighted by atomic mass is 32.1. The maximum absolute atomic E-state index is 4.93. The summed E-state index contributed by atoms with van der Waals surface area (Å²) in [6, 6.07) is 0.796. The van der Waals surface area contributed by atoms with Gasteiger partial charge in [-0.05, 0) is 31.1 Å². The first-order valence-electron chi connectivity index (χ1n) is 7.23. The number of nitrogens with one attached hydrogen (secondary N) is 1. The number of rotatable bonds is 5. The molecule has 0 amide bonds. The van der Waals surface area contributed by atoms with Crippen molar-refractivity contribution < 1.29 is 0 Å². The molecule has 0 bridgehead atoms. The van der Waals surface area contributed by atoms with E-state index >= 15 is 0 Å². The predicted molar refractivity (Wildman–Crippen MR) is 77.1 cm³/mol. The Labute approximate surface area is 114 Å². The maximum atomic E-state index is 4.93. The number of hydrogen-bond acceptors (Lipinski definition) is 3. The molecule has 2 aliphatic carbocycles. The van der Waals surface area contributed by atoms with Gasteiger partial charge in [-0.2, -0.15) is 0 Å². The van der Waals surface area contributed by atoms with Crippen LogP contribution < -0.4 is 5.32 Å². The molecule has 1 aromatic rings. The van der Waals surface area contributed by atoms with Crippen LogP contribution in [0.3, 0.4) is 0 Å². The molecule has 0 spiro atoms. The van der Waals surface area contributed by atoms with E-state index in [1.807, 2.05) is 11.3 Å². The van der Waals surface area contributed by atoms with Crippen molar-refractivity contribution in [2.75, 3.05) is 0 Å².